The summed E-state index contributed by atoms with van der Waals surface area (Å²) in [7, 11) is 0. The maximum Gasteiger partial charge on any atom is 0.416 e. The van der Waals surface area contributed by atoms with Gasteiger partial charge in [-0.2, -0.15) is 13.2 Å². The molecule has 7 heteroatoms. The average molecular weight is 268 g/mol. The van der Waals surface area contributed by atoms with E-state index < -0.39 is 18.3 Å². The average Bonchev–Trinajstić information content (AvgIpc) is 2.56. The van der Waals surface area contributed by atoms with Gasteiger partial charge >= 0.3 is 6.18 Å². The van der Waals surface area contributed by atoms with Crippen molar-refractivity contribution in [1.29, 1.82) is 0 Å². The van der Waals surface area contributed by atoms with Crippen LogP contribution in [0.15, 0.2) is 5.51 Å². The van der Waals surface area contributed by atoms with Gasteiger partial charge < -0.3 is 10.5 Å². The summed E-state index contributed by atoms with van der Waals surface area (Å²) < 4.78 is 42.3. The van der Waals surface area contributed by atoms with Crippen molar-refractivity contribution in [2.45, 2.75) is 38.6 Å². The van der Waals surface area contributed by atoms with Gasteiger partial charge in [0.25, 0.3) is 0 Å². The van der Waals surface area contributed by atoms with Gasteiger partial charge in [0.1, 0.15) is 0 Å². The summed E-state index contributed by atoms with van der Waals surface area (Å²) in [5.41, 5.74) is 7.76. The lowest BCUT2D eigenvalue weighted by molar-refractivity contribution is -0.224. The Bertz CT molecular complexity index is 352. The third-order valence-electron chi connectivity index (χ3n) is 2.27. The van der Waals surface area contributed by atoms with Crippen LogP contribution < -0.4 is 5.73 Å². The zero-order valence-corrected chi connectivity index (χ0v) is 10.4. The van der Waals surface area contributed by atoms with Gasteiger partial charge in [-0.1, -0.05) is 0 Å². The van der Waals surface area contributed by atoms with Crippen LogP contribution in [0, 0.1) is 6.92 Å². The predicted molar refractivity (Wildman–Crippen MR) is 60.0 cm³/mol. The van der Waals surface area contributed by atoms with Gasteiger partial charge in [0.05, 0.1) is 17.8 Å². The van der Waals surface area contributed by atoms with Gasteiger partial charge in [-0.3, -0.25) is 0 Å². The van der Waals surface area contributed by atoms with Crippen LogP contribution in [-0.4, -0.2) is 29.9 Å². The molecule has 17 heavy (non-hydrogen) atoms. The molecule has 1 aromatic rings. The minimum Gasteiger partial charge on any atom is -0.367 e. The Morgan fingerprint density at radius 1 is 1.53 bits per heavy atom. The molecule has 3 nitrogen and oxygen atoms in total. The molecule has 98 valence electrons. The first-order chi connectivity index (χ1) is 7.82. The second kappa shape index (κ2) is 5.79. The van der Waals surface area contributed by atoms with Crippen molar-refractivity contribution >= 4 is 11.3 Å². The standard InChI is InChI=1S/C10H15F3N2OS/c1-6(14)9(10(11,12)13)16-4-3-8-7(2)15-5-17-8/h5-6,9H,3-4,14H2,1-2H3. The normalized spacial score (nSPS) is 15.9. The maximum atomic E-state index is 12.5. The van der Waals surface area contributed by atoms with E-state index in [2.05, 4.69) is 4.98 Å². The topological polar surface area (TPSA) is 48.1 Å². The molecule has 0 aliphatic carbocycles. The van der Waals surface area contributed by atoms with Crippen molar-refractivity contribution in [3.05, 3.63) is 16.1 Å². The fourth-order valence-corrected chi connectivity index (χ4v) is 2.15. The highest BCUT2D eigenvalue weighted by atomic mass is 32.1. The summed E-state index contributed by atoms with van der Waals surface area (Å²) in [6.45, 7) is 3.10. The van der Waals surface area contributed by atoms with Crippen LogP contribution in [0.3, 0.4) is 0 Å². The van der Waals surface area contributed by atoms with Crippen LogP contribution in [0.1, 0.15) is 17.5 Å². The number of rotatable bonds is 5. The molecule has 1 aromatic heterocycles. The van der Waals surface area contributed by atoms with Gasteiger partial charge in [-0.15, -0.1) is 11.3 Å². The van der Waals surface area contributed by atoms with E-state index in [-0.39, 0.29) is 6.61 Å². The summed E-state index contributed by atoms with van der Waals surface area (Å²) in [5.74, 6) is 0. The van der Waals surface area contributed by atoms with Crippen LogP contribution in [0.2, 0.25) is 0 Å². The van der Waals surface area contributed by atoms with Crippen molar-refractivity contribution in [3.63, 3.8) is 0 Å². The van der Waals surface area contributed by atoms with E-state index in [1.54, 1.807) is 5.51 Å². The van der Waals surface area contributed by atoms with Crippen LogP contribution in [0.4, 0.5) is 13.2 Å². The lowest BCUT2D eigenvalue weighted by Gasteiger charge is -2.23. The Hall–Kier alpha value is -0.660. The molecule has 0 aliphatic heterocycles. The Morgan fingerprint density at radius 3 is 2.59 bits per heavy atom. The lowest BCUT2D eigenvalue weighted by atomic mass is 10.2. The Kier molecular flexibility index (Phi) is 4.91. The highest BCUT2D eigenvalue weighted by Crippen LogP contribution is 2.25. The predicted octanol–water partition coefficient (Wildman–Crippen LogP) is 2.29. The van der Waals surface area contributed by atoms with E-state index in [0.29, 0.717) is 6.42 Å². The Balaban J connectivity index is 2.46. The Labute approximate surface area is 102 Å². The van der Waals surface area contributed by atoms with Crippen molar-refractivity contribution in [1.82, 2.24) is 4.98 Å². The minimum absolute atomic E-state index is 0.00521. The number of aromatic nitrogens is 1. The quantitative estimate of drug-likeness (QED) is 0.891. The number of nitrogens with zero attached hydrogens (tertiary/aromatic N) is 1. The molecule has 0 saturated heterocycles. The smallest absolute Gasteiger partial charge is 0.367 e. The number of hydrogen-bond acceptors (Lipinski definition) is 4. The first-order valence-electron chi connectivity index (χ1n) is 5.15. The van der Waals surface area contributed by atoms with Crippen molar-refractivity contribution in [2.75, 3.05) is 6.61 Å². The molecule has 0 aliphatic rings. The molecular weight excluding hydrogens is 253 g/mol. The number of nitrogens with two attached hydrogens (primary N) is 1. The molecule has 0 saturated carbocycles. The molecule has 0 aromatic carbocycles. The fraction of sp³-hybridized carbons (Fsp3) is 0.700. The van der Waals surface area contributed by atoms with E-state index >= 15 is 0 Å². The summed E-state index contributed by atoms with van der Waals surface area (Å²) >= 11 is 1.41. The van der Waals surface area contributed by atoms with Crippen molar-refractivity contribution < 1.29 is 17.9 Å². The summed E-state index contributed by atoms with van der Waals surface area (Å²) in [4.78, 5) is 4.95. The number of thiazole rings is 1. The van der Waals surface area contributed by atoms with Crippen LogP contribution in [0.5, 0.6) is 0 Å². The van der Waals surface area contributed by atoms with E-state index in [0.717, 1.165) is 10.6 Å². The zero-order valence-electron chi connectivity index (χ0n) is 9.62. The molecule has 0 radical (unpaired) electrons. The first-order valence-corrected chi connectivity index (χ1v) is 6.03. The van der Waals surface area contributed by atoms with Gasteiger partial charge in [-0.25, -0.2) is 4.98 Å². The summed E-state index contributed by atoms with van der Waals surface area (Å²) in [6, 6.07) is -1.07. The van der Waals surface area contributed by atoms with Gasteiger partial charge in [0, 0.05) is 17.3 Å². The number of aryl methyl sites for hydroxylation is 1. The fourth-order valence-electron chi connectivity index (χ4n) is 1.39. The minimum atomic E-state index is -4.42. The molecule has 0 spiro atoms. The molecule has 0 amide bonds. The summed E-state index contributed by atoms with van der Waals surface area (Å²) in [6.07, 6.45) is -5.90. The van der Waals surface area contributed by atoms with Crippen molar-refractivity contribution in [2.24, 2.45) is 5.73 Å². The largest absolute Gasteiger partial charge is 0.416 e. The number of alkyl halides is 3. The monoisotopic (exact) mass is 268 g/mol. The summed E-state index contributed by atoms with van der Waals surface area (Å²) in [5, 5.41) is 0. The molecule has 1 rings (SSSR count). The van der Waals surface area contributed by atoms with Gasteiger partial charge in [0.15, 0.2) is 6.10 Å². The van der Waals surface area contributed by atoms with E-state index in [1.165, 1.54) is 18.3 Å². The van der Waals surface area contributed by atoms with E-state index in [9.17, 15) is 13.2 Å². The van der Waals surface area contributed by atoms with Crippen LogP contribution in [0.25, 0.3) is 0 Å². The van der Waals surface area contributed by atoms with E-state index in [4.69, 9.17) is 10.5 Å². The highest BCUT2D eigenvalue weighted by molar-refractivity contribution is 7.09. The molecule has 2 N–H and O–H groups in total. The third-order valence-corrected chi connectivity index (χ3v) is 3.27. The van der Waals surface area contributed by atoms with Crippen molar-refractivity contribution in [3.8, 4) is 0 Å². The number of halogens is 3. The molecule has 0 bridgehead atoms. The van der Waals surface area contributed by atoms with Crippen LogP contribution >= 0.6 is 11.3 Å². The molecule has 0 fully saturated rings. The second-order valence-corrected chi connectivity index (χ2v) is 4.74. The third kappa shape index (κ3) is 4.25. The maximum absolute atomic E-state index is 12.5. The second-order valence-electron chi connectivity index (χ2n) is 3.80. The SMILES string of the molecule is Cc1ncsc1CCOC(C(C)N)C(F)(F)F. The van der Waals surface area contributed by atoms with Crippen LogP contribution in [-0.2, 0) is 11.2 Å². The van der Waals surface area contributed by atoms with Gasteiger partial charge in [0.2, 0.25) is 0 Å². The highest BCUT2D eigenvalue weighted by Gasteiger charge is 2.42. The lowest BCUT2D eigenvalue weighted by Crippen LogP contribution is -2.45. The zero-order chi connectivity index (χ0) is 13.1. The van der Waals surface area contributed by atoms with Gasteiger partial charge in [-0.05, 0) is 13.8 Å². The molecule has 2 unspecified atom stereocenters. The van der Waals surface area contributed by atoms with E-state index in [1.807, 2.05) is 6.92 Å². The Morgan fingerprint density at radius 2 is 2.18 bits per heavy atom. The number of ether oxygens (including phenoxy) is 1. The molecule has 1 heterocycles. The number of hydrogen-bond donors (Lipinski definition) is 1. The molecule has 2 atom stereocenters. The first kappa shape index (κ1) is 14.4. The molecular formula is C10H15F3N2OS.